The Balaban J connectivity index is 0.000000153. The van der Waals surface area contributed by atoms with E-state index in [1.807, 2.05) is 140 Å². The molecule has 0 amide bonds. The molecule has 3 aromatic carbocycles. The van der Waals surface area contributed by atoms with Crippen LogP contribution in [0.15, 0.2) is 183 Å². The third kappa shape index (κ3) is 8.15. The molecule has 0 N–H and O–H groups in total. The number of hydrogen-bond donors (Lipinski definition) is 0. The molecule has 0 aliphatic rings. The molecule has 0 bridgehead atoms. The maximum absolute atomic E-state index is 12.9. The average molecular weight is 800 g/mol. The summed E-state index contributed by atoms with van der Waals surface area (Å²) in [6.45, 7) is 0. The van der Waals surface area contributed by atoms with Crippen LogP contribution >= 0.6 is 0 Å². The summed E-state index contributed by atoms with van der Waals surface area (Å²) >= 11 is 0. The van der Waals surface area contributed by atoms with Gasteiger partial charge in [-0.2, -0.15) is 0 Å². The number of carbonyl (C=O) groups is 1. The second-order valence-electron chi connectivity index (χ2n) is 12.0. The van der Waals surface area contributed by atoms with E-state index in [9.17, 15) is 4.79 Å². The normalized spacial score (nSPS) is 10.5. The second kappa shape index (κ2) is 17.2. The number of nitrogens with zero attached hydrogens (tertiary/aromatic N) is 8. The van der Waals surface area contributed by atoms with Gasteiger partial charge in [-0.25, -0.2) is 9.97 Å². The van der Waals surface area contributed by atoms with E-state index in [4.69, 9.17) is 9.97 Å². The Morgan fingerprint density at radius 2 is 0.764 bits per heavy atom. The quantitative estimate of drug-likeness (QED) is 0.0742. The monoisotopic (exact) mass is 800 g/mol. The Morgan fingerprint density at radius 3 is 1.20 bits per heavy atom. The molecule has 7 aromatic heterocycles. The number of carbonyl (C=O) groups excluding carboxylic acids is 1. The van der Waals surface area contributed by atoms with Gasteiger partial charge in [0.2, 0.25) is 0 Å². The molecule has 0 unspecified atom stereocenters. The molecule has 262 valence electrons. The minimum atomic E-state index is -0.0337. The van der Waals surface area contributed by atoms with Gasteiger partial charge >= 0.3 is 19.5 Å². The molecule has 0 atom stereocenters. The molecule has 0 spiro atoms. The van der Waals surface area contributed by atoms with Crippen LogP contribution in [-0.4, -0.2) is 45.7 Å². The Labute approximate surface area is 329 Å². The zero-order valence-corrected chi connectivity index (χ0v) is 30.9. The fourth-order valence-electron chi connectivity index (χ4n) is 5.95. The zero-order valence-electron chi connectivity index (χ0n) is 29.2. The number of pyridine rings is 6. The van der Waals surface area contributed by atoms with Crippen LogP contribution in [0.5, 0.6) is 0 Å². The molecule has 0 aliphatic carbocycles. The molecule has 0 radical (unpaired) electrons. The predicted octanol–water partition coefficient (Wildman–Crippen LogP) is 9.40. The summed E-state index contributed by atoms with van der Waals surface area (Å²) in [7, 11) is 0. The van der Waals surface area contributed by atoms with E-state index < -0.39 is 0 Å². The van der Waals surface area contributed by atoms with E-state index >= 15 is 0 Å². The van der Waals surface area contributed by atoms with Crippen molar-refractivity contribution in [1.82, 2.24) is 39.9 Å². The van der Waals surface area contributed by atoms with Gasteiger partial charge in [0.25, 0.3) is 0 Å². The van der Waals surface area contributed by atoms with Gasteiger partial charge in [0.1, 0.15) is 0 Å². The van der Waals surface area contributed by atoms with Crippen molar-refractivity contribution < 1.29 is 24.3 Å². The van der Waals surface area contributed by atoms with Crippen LogP contribution in [0.1, 0.15) is 15.9 Å². The Morgan fingerprint density at radius 1 is 0.345 bits per heavy atom. The summed E-state index contributed by atoms with van der Waals surface area (Å²) in [4.78, 5) is 48.5. The molecule has 0 fully saturated rings. The summed E-state index contributed by atoms with van der Waals surface area (Å²) in [6.07, 6.45) is 10.6. The van der Waals surface area contributed by atoms with E-state index in [0.717, 1.165) is 61.1 Å². The smallest absolute Gasteiger partial charge is 0.289 e. The number of aromatic nitrogens is 8. The van der Waals surface area contributed by atoms with Gasteiger partial charge in [-0.05, 0) is 91.0 Å². The minimum absolute atomic E-state index is 0. The maximum atomic E-state index is 12.9. The van der Waals surface area contributed by atoms with Crippen LogP contribution in [0, 0.1) is 0 Å². The minimum Gasteiger partial charge on any atom is -0.289 e. The van der Waals surface area contributed by atoms with Crippen LogP contribution in [-0.2, 0) is 19.5 Å². The first-order valence-electron chi connectivity index (χ1n) is 17.2. The first kappa shape index (κ1) is 36.3. The van der Waals surface area contributed by atoms with Crippen molar-refractivity contribution in [3.05, 3.63) is 194 Å². The van der Waals surface area contributed by atoms with Gasteiger partial charge < -0.3 is 0 Å². The molecule has 0 aliphatic heterocycles. The summed E-state index contributed by atoms with van der Waals surface area (Å²) in [5, 5.41) is 1.81. The van der Waals surface area contributed by atoms with E-state index in [0.29, 0.717) is 16.6 Å². The summed E-state index contributed by atoms with van der Waals surface area (Å²) in [5.41, 5.74) is 9.47. The number of fused-ring (bicyclic) bond motifs is 7. The van der Waals surface area contributed by atoms with Crippen LogP contribution in [0.4, 0.5) is 0 Å². The molecular formula is C45H30N8ORu+2. The van der Waals surface area contributed by atoms with E-state index in [2.05, 4.69) is 29.9 Å². The fourth-order valence-corrected chi connectivity index (χ4v) is 5.95. The van der Waals surface area contributed by atoms with Crippen LogP contribution < -0.4 is 0 Å². The van der Waals surface area contributed by atoms with Crippen molar-refractivity contribution in [2.75, 3.05) is 0 Å². The molecule has 10 rings (SSSR count). The van der Waals surface area contributed by atoms with Crippen LogP contribution in [0.3, 0.4) is 0 Å². The molecule has 10 heteroatoms. The number of ketones is 1. The SMILES string of the molecule is O=C(c1ccccc1)c1ccc2nc3c4cccnc4c4ncccc4c3nc2c1.[Ru+2].c1ccc(-c2ccccn2)nc1.c1ccc(-c2ccccn2)nc1. The van der Waals surface area contributed by atoms with Gasteiger partial charge in [-0.15, -0.1) is 0 Å². The van der Waals surface area contributed by atoms with Gasteiger partial charge in [0, 0.05) is 59.1 Å². The van der Waals surface area contributed by atoms with E-state index in [-0.39, 0.29) is 25.3 Å². The average Bonchev–Trinajstić information content (AvgIpc) is 3.27. The van der Waals surface area contributed by atoms with E-state index in [1.165, 1.54) is 0 Å². The second-order valence-corrected chi connectivity index (χ2v) is 12.0. The Kier molecular flexibility index (Phi) is 11.4. The molecule has 0 saturated carbocycles. The fraction of sp³-hybridized carbons (Fsp3) is 0. The maximum Gasteiger partial charge on any atom is 2.00 e. The zero-order chi connectivity index (χ0) is 36.5. The predicted molar refractivity (Wildman–Crippen MR) is 212 cm³/mol. The van der Waals surface area contributed by atoms with Gasteiger partial charge in [-0.1, -0.05) is 54.6 Å². The molecule has 55 heavy (non-hydrogen) atoms. The van der Waals surface area contributed by atoms with Crippen LogP contribution in [0.25, 0.3) is 66.6 Å². The molecular weight excluding hydrogens is 770 g/mol. The number of benzene rings is 3. The van der Waals surface area contributed by atoms with Crippen molar-refractivity contribution in [2.45, 2.75) is 0 Å². The van der Waals surface area contributed by atoms with Crippen molar-refractivity contribution in [3.63, 3.8) is 0 Å². The molecule has 7 heterocycles. The van der Waals surface area contributed by atoms with Gasteiger partial charge in [-0.3, -0.25) is 34.7 Å². The Hall–Kier alpha value is -7.03. The Bertz CT molecular complexity index is 2680. The standard InChI is InChI=1S/C25H14N4O.2C10H8N2.Ru/c30-25(15-6-2-1-3-7-15)16-10-11-19-20(14-16)29-24-18-9-5-13-27-22(18)21-17(23(24)28-19)8-4-12-26-21;2*1-3-7-11-9(5-1)10-6-2-4-8-12-10;/h1-14H;2*1-8H;/q;;;+2. The first-order chi connectivity index (χ1) is 26.7. The van der Waals surface area contributed by atoms with Gasteiger partial charge in [0.05, 0.1) is 55.9 Å². The van der Waals surface area contributed by atoms with E-state index in [1.54, 1.807) is 43.2 Å². The van der Waals surface area contributed by atoms with Gasteiger partial charge in [0.15, 0.2) is 5.78 Å². The van der Waals surface area contributed by atoms with Crippen molar-refractivity contribution in [2.24, 2.45) is 0 Å². The van der Waals surface area contributed by atoms with Crippen molar-refractivity contribution in [3.8, 4) is 22.8 Å². The largest absolute Gasteiger partial charge is 2.00 e. The third-order valence-electron chi connectivity index (χ3n) is 8.50. The number of hydrogen-bond acceptors (Lipinski definition) is 9. The summed E-state index contributed by atoms with van der Waals surface area (Å²) in [5.74, 6) is -0.0337. The first-order valence-corrected chi connectivity index (χ1v) is 17.2. The molecule has 9 nitrogen and oxygen atoms in total. The topological polar surface area (TPSA) is 120 Å². The summed E-state index contributed by atoms with van der Waals surface area (Å²) in [6, 6.07) is 45.7. The number of rotatable bonds is 4. The molecule has 10 aromatic rings. The summed E-state index contributed by atoms with van der Waals surface area (Å²) < 4.78 is 0. The van der Waals surface area contributed by atoms with Crippen molar-refractivity contribution >= 4 is 49.7 Å². The third-order valence-corrected chi connectivity index (χ3v) is 8.50. The van der Waals surface area contributed by atoms with Crippen molar-refractivity contribution in [1.29, 1.82) is 0 Å². The van der Waals surface area contributed by atoms with Crippen LogP contribution in [0.2, 0.25) is 0 Å². The molecule has 0 saturated heterocycles.